The van der Waals surface area contributed by atoms with Crippen LogP contribution in [0.1, 0.15) is 10.9 Å². The molecule has 2 aromatic carbocycles. The summed E-state index contributed by atoms with van der Waals surface area (Å²) in [7, 11) is 0. The van der Waals surface area contributed by atoms with Gasteiger partial charge in [0.1, 0.15) is 11.1 Å². The minimum atomic E-state index is -0.195. The third-order valence-corrected chi connectivity index (χ3v) is 4.92. The molecule has 1 saturated heterocycles. The summed E-state index contributed by atoms with van der Waals surface area (Å²) >= 11 is 13.4. The predicted molar refractivity (Wildman–Crippen MR) is 87.3 cm³/mol. The lowest BCUT2D eigenvalue weighted by molar-refractivity contribution is -0.115. The second-order valence-corrected chi connectivity index (χ2v) is 6.55. The van der Waals surface area contributed by atoms with Crippen LogP contribution < -0.4 is 4.90 Å². The first-order chi connectivity index (χ1) is 10.1. The van der Waals surface area contributed by atoms with Crippen LogP contribution in [0.2, 0.25) is 10.0 Å². The number of phenols is 1. The molecule has 1 amide bonds. The maximum atomic E-state index is 12.2. The van der Waals surface area contributed by atoms with E-state index in [0.29, 0.717) is 21.5 Å². The first kappa shape index (κ1) is 14.6. The standard InChI is InChI=1S/C15H11Cl2NO2S/c16-10-3-1-9(2-4-10)15-18(14(20)8-21-15)12-7-11(17)5-6-13(12)19/h1-7,15,19H,8H2/t15-/m1/s1. The van der Waals surface area contributed by atoms with Crippen LogP contribution in [0.5, 0.6) is 5.75 Å². The van der Waals surface area contributed by atoms with Crippen molar-refractivity contribution in [2.75, 3.05) is 10.7 Å². The predicted octanol–water partition coefficient (Wildman–Crippen LogP) is 4.48. The van der Waals surface area contributed by atoms with Gasteiger partial charge in [0.15, 0.2) is 0 Å². The van der Waals surface area contributed by atoms with Crippen molar-refractivity contribution in [3.05, 3.63) is 58.1 Å². The topological polar surface area (TPSA) is 40.5 Å². The first-order valence-electron chi connectivity index (χ1n) is 6.24. The van der Waals surface area contributed by atoms with Gasteiger partial charge >= 0.3 is 0 Å². The number of halogens is 2. The fourth-order valence-electron chi connectivity index (χ4n) is 2.25. The highest BCUT2D eigenvalue weighted by Crippen LogP contribution is 2.45. The van der Waals surface area contributed by atoms with E-state index >= 15 is 0 Å². The molecule has 108 valence electrons. The highest BCUT2D eigenvalue weighted by atomic mass is 35.5. The van der Waals surface area contributed by atoms with E-state index in [4.69, 9.17) is 23.2 Å². The SMILES string of the molecule is O=C1CS[C@H](c2ccc(Cl)cc2)N1c1cc(Cl)ccc1O. The van der Waals surface area contributed by atoms with E-state index in [0.717, 1.165) is 5.56 Å². The molecule has 0 radical (unpaired) electrons. The number of phenolic OH excluding ortho intramolecular Hbond substituents is 1. The molecule has 2 aromatic rings. The minimum absolute atomic E-state index is 0.0363. The summed E-state index contributed by atoms with van der Waals surface area (Å²) in [5, 5.41) is 11.0. The Bertz CT molecular complexity index is 691. The third kappa shape index (κ3) is 2.84. The maximum Gasteiger partial charge on any atom is 0.238 e. The Morgan fingerprint density at radius 3 is 2.48 bits per heavy atom. The molecule has 1 fully saturated rings. The van der Waals surface area contributed by atoms with Crippen LogP contribution in [-0.4, -0.2) is 16.8 Å². The number of amides is 1. The van der Waals surface area contributed by atoms with Crippen molar-refractivity contribution in [2.24, 2.45) is 0 Å². The van der Waals surface area contributed by atoms with Gasteiger partial charge < -0.3 is 5.11 Å². The molecule has 3 nitrogen and oxygen atoms in total. The minimum Gasteiger partial charge on any atom is -0.506 e. The molecule has 3 rings (SSSR count). The fraction of sp³-hybridized carbons (Fsp3) is 0.133. The van der Waals surface area contributed by atoms with E-state index in [-0.39, 0.29) is 17.0 Å². The summed E-state index contributed by atoms with van der Waals surface area (Å²) in [6.07, 6.45) is 0. The Hall–Kier alpha value is -1.36. The summed E-state index contributed by atoms with van der Waals surface area (Å²) in [6, 6.07) is 12.0. The average molecular weight is 340 g/mol. The van der Waals surface area contributed by atoms with E-state index in [1.165, 1.54) is 17.8 Å². The van der Waals surface area contributed by atoms with Gasteiger partial charge in [-0.25, -0.2) is 0 Å². The molecule has 0 aliphatic carbocycles. The Kier molecular flexibility index (Phi) is 4.02. The van der Waals surface area contributed by atoms with Crippen LogP contribution in [0.25, 0.3) is 0 Å². The van der Waals surface area contributed by atoms with Gasteiger partial charge in [-0.3, -0.25) is 9.69 Å². The number of anilines is 1. The third-order valence-electron chi connectivity index (χ3n) is 3.22. The molecule has 0 aromatic heterocycles. The van der Waals surface area contributed by atoms with Gasteiger partial charge in [0.2, 0.25) is 5.91 Å². The molecule has 1 N–H and O–H groups in total. The molecule has 1 aliphatic heterocycles. The second kappa shape index (κ2) is 5.79. The van der Waals surface area contributed by atoms with Gasteiger partial charge in [0.25, 0.3) is 0 Å². The van der Waals surface area contributed by atoms with Gasteiger partial charge in [0, 0.05) is 10.0 Å². The molecular formula is C15H11Cl2NO2S. The number of carbonyl (C=O) groups excluding carboxylic acids is 1. The lowest BCUT2D eigenvalue weighted by atomic mass is 10.2. The summed E-state index contributed by atoms with van der Waals surface area (Å²) in [5.74, 6) is 0.339. The number of carbonyl (C=O) groups is 1. The van der Waals surface area contributed by atoms with E-state index < -0.39 is 0 Å². The van der Waals surface area contributed by atoms with Crippen molar-refractivity contribution in [3.63, 3.8) is 0 Å². The number of nitrogens with zero attached hydrogens (tertiary/aromatic N) is 1. The first-order valence-corrected chi connectivity index (χ1v) is 8.04. The van der Waals surface area contributed by atoms with E-state index in [1.54, 1.807) is 29.2 Å². The van der Waals surface area contributed by atoms with Crippen LogP contribution in [0.4, 0.5) is 5.69 Å². The number of rotatable bonds is 2. The highest BCUT2D eigenvalue weighted by Gasteiger charge is 2.35. The van der Waals surface area contributed by atoms with Crippen molar-refractivity contribution in [2.45, 2.75) is 5.37 Å². The molecule has 1 aliphatic rings. The lowest BCUT2D eigenvalue weighted by Crippen LogP contribution is -2.27. The van der Waals surface area contributed by atoms with Gasteiger partial charge in [-0.15, -0.1) is 11.8 Å². The fourth-order valence-corrected chi connectivity index (χ4v) is 3.71. The Morgan fingerprint density at radius 1 is 1.10 bits per heavy atom. The molecule has 1 heterocycles. The molecule has 0 spiro atoms. The molecule has 0 saturated carbocycles. The van der Waals surface area contributed by atoms with Gasteiger partial charge in [-0.1, -0.05) is 35.3 Å². The zero-order valence-electron chi connectivity index (χ0n) is 10.8. The largest absolute Gasteiger partial charge is 0.506 e. The zero-order chi connectivity index (χ0) is 15.0. The smallest absolute Gasteiger partial charge is 0.238 e. The van der Waals surface area contributed by atoms with Crippen LogP contribution in [0, 0.1) is 0 Å². The highest BCUT2D eigenvalue weighted by molar-refractivity contribution is 8.00. The summed E-state index contributed by atoms with van der Waals surface area (Å²) < 4.78 is 0. The summed E-state index contributed by atoms with van der Waals surface area (Å²) in [5.41, 5.74) is 1.38. The van der Waals surface area contributed by atoms with E-state index in [9.17, 15) is 9.90 Å². The maximum absolute atomic E-state index is 12.2. The van der Waals surface area contributed by atoms with Gasteiger partial charge in [-0.05, 0) is 35.9 Å². The monoisotopic (exact) mass is 339 g/mol. The van der Waals surface area contributed by atoms with Gasteiger partial charge in [0.05, 0.1) is 11.4 Å². The second-order valence-electron chi connectivity index (χ2n) is 4.61. The van der Waals surface area contributed by atoms with Crippen LogP contribution in [0.3, 0.4) is 0 Å². The summed E-state index contributed by atoms with van der Waals surface area (Å²) in [4.78, 5) is 13.8. The summed E-state index contributed by atoms with van der Waals surface area (Å²) in [6.45, 7) is 0. The number of benzene rings is 2. The molecule has 21 heavy (non-hydrogen) atoms. The van der Waals surface area contributed by atoms with Crippen LogP contribution in [0.15, 0.2) is 42.5 Å². The quantitative estimate of drug-likeness (QED) is 0.876. The average Bonchev–Trinajstić information content (AvgIpc) is 2.84. The van der Waals surface area contributed by atoms with Crippen LogP contribution >= 0.6 is 35.0 Å². The molecule has 0 unspecified atom stereocenters. The Balaban J connectivity index is 2.03. The van der Waals surface area contributed by atoms with Crippen LogP contribution in [-0.2, 0) is 4.79 Å². The van der Waals surface area contributed by atoms with Crippen molar-refractivity contribution in [3.8, 4) is 5.75 Å². The van der Waals surface area contributed by atoms with Crippen molar-refractivity contribution >= 4 is 46.6 Å². The van der Waals surface area contributed by atoms with Crippen molar-refractivity contribution in [1.82, 2.24) is 0 Å². The molecule has 1 atom stereocenters. The normalized spacial score (nSPS) is 18.3. The number of aromatic hydroxyl groups is 1. The number of thioether (sulfide) groups is 1. The number of hydrogen-bond donors (Lipinski definition) is 1. The number of hydrogen-bond acceptors (Lipinski definition) is 3. The lowest BCUT2D eigenvalue weighted by Gasteiger charge is -2.25. The molecule has 6 heteroatoms. The molecular weight excluding hydrogens is 329 g/mol. The zero-order valence-corrected chi connectivity index (χ0v) is 13.1. The van der Waals surface area contributed by atoms with E-state index in [2.05, 4.69) is 0 Å². The molecule has 0 bridgehead atoms. The van der Waals surface area contributed by atoms with E-state index in [1.807, 2.05) is 12.1 Å². The van der Waals surface area contributed by atoms with Gasteiger partial charge in [-0.2, -0.15) is 0 Å². The Labute approximate surface area is 136 Å². The Morgan fingerprint density at radius 2 is 1.76 bits per heavy atom. The van der Waals surface area contributed by atoms with Crippen molar-refractivity contribution < 1.29 is 9.90 Å². The van der Waals surface area contributed by atoms with Crippen molar-refractivity contribution in [1.29, 1.82) is 0 Å².